The zero-order chi connectivity index (χ0) is 14.0. The predicted molar refractivity (Wildman–Crippen MR) is 68.1 cm³/mol. The summed E-state index contributed by atoms with van der Waals surface area (Å²) in [6, 6.07) is 4.35. The number of rotatable bonds is 4. The minimum absolute atomic E-state index is 0.0665. The van der Waals surface area contributed by atoms with Crippen molar-refractivity contribution in [1.29, 1.82) is 0 Å². The molecule has 1 aromatic carbocycles. The molecule has 0 aliphatic heterocycles. The molecule has 1 aromatic heterocycles. The van der Waals surface area contributed by atoms with Crippen LogP contribution in [-0.4, -0.2) is 23.9 Å². The summed E-state index contributed by atoms with van der Waals surface area (Å²) >= 11 is 5.85. The lowest BCUT2D eigenvalue weighted by molar-refractivity contribution is 0.135. The third kappa shape index (κ3) is 2.75. The Labute approximate surface area is 114 Å². The van der Waals surface area contributed by atoms with E-state index in [1.165, 1.54) is 19.2 Å². The second-order valence-electron chi connectivity index (χ2n) is 4.37. The van der Waals surface area contributed by atoms with Crippen molar-refractivity contribution in [2.24, 2.45) is 5.73 Å². The molecule has 1 atom stereocenters. The molecular weight excluding hydrogens is 273 g/mol. The molecule has 2 rings (SSSR count). The van der Waals surface area contributed by atoms with Crippen LogP contribution in [0.4, 0.5) is 4.39 Å². The van der Waals surface area contributed by atoms with Crippen LogP contribution in [0.5, 0.6) is 0 Å². The summed E-state index contributed by atoms with van der Waals surface area (Å²) < 4.78 is 23.4. The third-order valence-corrected chi connectivity index (χ3v) is 2.95. The standard InChI is InChI=1S/C12H13ClFN3O2/c1-12(15,6-18-2)11-16-10(19-17-11)7-4-3-5-8(14)9(7)13/h3-5H,6,15H2,1-2H3. The van der Waals surface area contributed by atoms with Crippen LogP contribution in [0.25, 0.3) is 11.5 Å². The van der Waals surface area contributed by atoms with E-state index in [0.29, 0.717) is 5.56 Å². The molecule has 0 aliphatic carbocycles. The normalized spacial score (nSPS) is 14.4. The quantitative estimate of drug-likeness (QED) is 0.933. The van der Waals surface area contributed by atoms with Crippen LogP contribution in [-0.2, 0) is 10.3 Å². The number of aromatic nitrogens is 2. The molecule has 7 heteroatoms. The molecule has 0 fully saturated rings. The first kappa shape index (κ1) is 13.9. The Balaban J connectivity index is 2.39. The first-order valence-electron chi connectivity index (χ1n) is 5.52. The minimum Gasteiger partial charge on any atom is -0.382 e. The number of hydrogen-bond donors (Lipinski definition) is 1. The van der Waals surface area contributed by atoms with Crippen molar-refractivity contribution in [3.05, 3.63) is 34.9 Å². The minimum atomic E-state index is -0.893. The van der Waals surface area contributed by atoms with Gasteiger partial charge in [-0.3, -0.25) is 0 Å². The molecule has 0 spiro atoms. The topological polar surface area (TPSA) is 74.2 Å². The van der Waals surface area contributed by atoms with E-state index in [1.807, 2.05) is 0 Å². The van der Waals surface area contributed by atoms with Gasteiger partial charge in [0.25, 0.3) is 5.89 Å². The Morgan fingerprint density at radius 3 is 2.95 bits per heavy atom. The fourth-order valence-corrected chi connectivity index (χ4v) is 1.81. The second-order valence-corrected chi connectivity index (χ2v) is 4.75. The molecule has 2 aromatic rings. The summed E-state index contributed by atoms with van der Waals surface area (Å²) in [6.07, 6.45) is 0. The smallest absolute Gasteiger partial charge is 0.259 e. The number of methoxy groups -OCH3 is 1. The second kappa shape index (κ2) is 5.24. The zero-order valence-corrected chi connectivity index (χ0v) is 11.2. The van der Waals surface area contributed by atoms with E-state index < -0.39 is 11.4 Å². The van der Waals surface area contributed by atoms with E-state index in [0.717, 1.165) is 0 Å². The molecule has 0 amide bonds. The average molecular weight is 286 g/mol. The van der Waals surface area contributed by atoms with E-state index in [9.17, 15) is 4.39 Å². The average Bonchev–Trinajstić information content (AvgIpc) is 2.82. The van der Waals surface area contributed by atoms with Crippen LogP contribution in [0.2, 0.25) is 5.02 Å². The van der Waals surface area contributed by atoms with E-state index >= 15 is 0 Å². The first-order valence-corrected chi connectivity index (χ1v) is 5.90. The number of hydrogen-bond acceptors (Lipinski definition) is 5. The lowest BCUT2D eigenvalue weighted by Gasteiger charge is -2.18. The Bertz CT molecular complexity index is 586. The van der Waals surface area contributed by atoms with E-state index in [-0.39, 0.29) is 23.3 Å². The van der Waals surface area contributed by atoms with Gasteiger partial charge in [0.05, 0.1) is 17.2 Å². The number of nitrogens with zero attached hydrogens (tertiary/aromatic N) is 2. The SMILES string of the molecule is COCC(C)(N)c1noc(-c2cccc(F)c2Cl)n1. The molecule has 1 heterocycles. The van der Waals surface area contributed by atoms with Crippen LogP contribution in [0.15, 0.2) is 22.7 Å². The van der Waals surface area contributed by atoms with Gasteiger partial charge in [-0.2, -0.15) is 4.98 Å². The maximum Gasteiger partial charge on any atom is 0.259 e. The highest BCUT2D eigenvalue weighted by atomic mass is 35.5. The molecular formula is C12H13ClFN3O2. The molecule has 5 nitrogen and oxygen atoms in total. The Hall–Kier alpha value is -1.50. The van der Waals surface area contributed by atoms with Crippen LogP contribution in [0, 0.1) is 5.82 Å². The van der Waals surface area contributed by atoms with Crippen molar-refractivity contribution in [1.82, 2.24) is 10.1 Å². The molecule has 102 valence electrons. The van der Waals surface area contributed by atoms with Crippen LogP contribution in [0.1, 0.15) is 12.7 Å². The lowest BCUT2D eigenvalue weighted by Crippen LogP contribution is -2.38. The fraction of sp³-hybridized carbons (Fsp3) is 0.333. The van der Waals surface area contributed by atoms with Crippen LogP contribution >= 0.6 is 11.6 Å². The van der Waals surface area contributed by atoms with Gasteiger partial charge in [0, 0.05) is 7.11 Å². The Kier molecular flexibility index (Phi) is 3.84. The fourth-order valence-electron chi connectivity index (χ4n) is 1.60. The third-order valence-electron chi connectivity index (χ3n) is 2.56. The van der Waals surface area contributed by atoms with Gasteiger partial charge in [-0.05, 0) is 19.1 Å². The van der Waals surface area contributed by atoms with E-state index in [1.54, 1.807) is 13.0 Å². The van der Waals surface area contributed by atoms with Gasteiger partial charge < -0.3 is 15.0 Å². The molecule has 1 unspecified atom stereocenters. The Morgan fingerprint density at radius 2 is 2.26 bits per heavy atom. The zero-order valence-electron chi connectivity index (χ0n) is 10.5. The highest BCUT2D eigenvalue weighted by Gasteiger charge is 2.28. The van der Waals surface area contributed by atoms with Gasteiger partial charge in [0.2, 0.25) is 0 Å². The molecule has 0 aliphatic rings. The van der Waals surface area contributed by atoms with Crippen molar-refractivity contribution < 1.29 is 13.7 Å². The molecule has 2 N–H and O–H groups in total. The van der Waals surface area contributed by atoms with Gasteiger partial charge in [0.15, 0.2) is 5.82 Å². The lowest BCUT2D eigenvalue weighted by atomic mass is 10.1. The van der Waals surface area contributed by atoms with Crippen molar-refractivity contribution in [2.45, 2.75) is 12.5 Å². The monoisotopic (exact) mass is 285 g/mol. The summed E-state index contributed by atoms with van der Waals surface area (Å²) in [4.78, 5) is 4.14. The van der Waals surface area contributed by atoms with Crippen molar-refractivity contribution in [3.63, 3.8) is 0 Å². The van der Waals surface area contributed by atoms with Gasteiger partial charge in [-0.15, -0.1) is 0 Å². The van der Waals surface area contributed by atoms with Crippen LogP contribution < -0.4 is 5.73 Å². The molecule has 19 heavy (non-hydrogen) atoms. The van der Waals surface area contributed by atoms with Gasteiger partial charge >= 0.3 is 0 Å². The largest absolute Gasteiger partial charge is 0.382 e. The van der Waals surface area contributed by atoms with Crippen molar-refractivity contribution in [2.75, 3.05) is 13.7 Å². The summed E-state index contributed by atoms with van der Waals surface area (Å²) in [7, 11) is 1.52. The Morgan fingerprint density at radius 1 is 1.53 bits per heavy atom. The summed E-state index contributed by atoms with van der Waals surface area (Å²) in [5.74, 6) is -0.164. The van der Waals surface area contributed by atoms with E-state index in [4.69, 9.17) is 26.6 Å². The predicted octanol–water partition coefficient (Wildman–Crippen LogP) is 2.35. The van der Waals surface area contributed by atoms with Crippen molar-refractivity contribution in [3.8, 4) is 11.5 Å². The van der Waals surface area contributed by atoms with Crippen molar-refractivity contribution >= 4 is 11.6 Å². The number of halogens is 2. The summed E-state index contributed by atoms with van der Waals surface area (Å²) in [5, 5.41) is 3.71. The maximum atomic E-state index is 13.4. The van der Waals surface area contributed by atoms with Gasteiger partial charge in [-0.1, -0.05) is 22.8 Å². The summed E-state index contributed by atoms with van der Waals surface area (Å²) in [5.41, 5.74) is 5.43. The maximum absolute atomic E-state index is 13.4. The molecule has 0 saturated carbocycles. The number of ether oxygens (including phenoxy) is 1. The highest BCUT2D eigenvalue weighted by molar-refractivity contribution is 6.33. The number of benzene rings is 1. The summed E-state index contributed by atoms with van der Waals surface area (Å²) in [6.45, 7) is 1.93. The highest BCUT2D eigenvalue weighted by Crippen LogP contribution is 2.29. The van der Waals surface area contributed by atoms with Gasteiger partial charge in [-0.25, -0.2) is 4.39 Å². The van der Waals surface area contributed by atoms with Gasteiger partial charge in [0.1, 0.15) is 11.4 Å². The van der Waals surface area contributed by atoms with Crippen LogP contribution in [0.3, 0.4) is 0 Å². The number of nitrogens with two attached hydrogens (primary N) is 1. The first-order chi connectivity index (χ1) is 8.95. The molecule has 0 saturated heterocycles. The molecule has 0 radical (unpaired) electrons. The van der Waals surface area contributed by atoms with E-state index in [2.05, 4.69) is 10.1 Å². The molecule has 0 bridgehead atoms.